The molecule has 1 aromatic carbocycles. The van der Waals surface area contributed by atoms with Gasteiger partial charge in [-0.25, -0.2) is 0 Å². The fraction of sp³-hybridized carbons (Fsp3) is 0.647. The molecule has 0 heterocycles. The zero-order valence-electron chi connectivity index (χ0n) is 12.0. The molecule has 1 aromatic rings. The van der Waals surface area contributed by atoms with Crippen LogP contribution in [-0.2, 0) is 6.42 Å². The highest BCUT2D eigenvalue weighted by molar-refractivity contribution is 5.27. The third-order valence-electron chi connectivity index (χ3n) is 4.26. The number of benzene rings is 1. The molecular formula is C17H26O2. The third-order valence-corrected chi connectivity index (χ3v) is 4.26. The van der Waals surface area contributed by atoms with Gasteiger partial charge < -0.3 is 9.84 Å². The molecule has 0 radical (unpaired) electrons. The van der Waals surface area contributed by atoms with Crippen molar-refractivity contribution in [2.24, 2.45) is 5.92 Å². The average Bonchev–Trinajstić information content (AvgIpc) is 2.47. The Labute approximate surface area is 116 Å². The van der Waals surface area contributed by atoms with Crippen LogP contribution in [0.15, 0.2) is 24.3 Å². The molecule has 2 rings (SSSR count). The first kappa shape index (κ1) is 14.4. The molecule has 1 fully saturated rings. The predicted molar refractivity (Wildman–Crippen MR) is 78.5 cm³/mol. The zero-order chi connectivity index (χ0) is 13.5. The largest absolute Gasteiger partial charge is 0.497 e. The molecule has 0 spiro atoms. The highest BCUT2D eigenvalue weighted by atomic mass is 16.5. The monoisotopic (exact) mass is 262 g/mol. The van der Waals surface area contributed by atoms with Crippen LogP contribution in [0, 0.1) is 5.92 Å². The Hall–Kier alpha value is -1.02. The minimum Gasteiger partial charge on any atom is -0.497 e. The number of rotatable bonds is 6. The van der Waals surface area contributed by atoms with Gasteiger partial charge in [-0.2, -0.15) is 0 Å². The first-order chi connectivity index (χ1) is 9.28. The number of aryl methyl sites for hydroxylation is 1. The van der Waals surface area contributed by atoms with Gasteiger partial charge in [0.2, 0.25) is 0 Å². The third kappa shape index (κ3) is 4.87. The van der Waals surface area contributed by atoms with E-state index >= 15 is 0 Å². The van der Waals surface area contributed by atoms with Gasteiger partial charge in [0.15, 0.2) is 0 Å². The SMILES string of the molecule is COc1ccc(CCC(O)CC2CCCCC2)cc1. The highest BCUT2D eigenvalue weighted by Gasteiger charge is 2.17. The van der Waals surface area contributed by atoms with Crippen LogP contribution in [0.25, 0.3) is 0 Å². The summed E-state index contributed by atoms with van der Waals surface area (Å²) in [5.41, 5.74) is 1.28. The number of hydrogen-bond donors (Lipinski definition) is 1. The molecule has 1 unspecified atom stereocenters. The Morgan fingerprint density at radius 1 is 1.16 bits per heavy atom. The molecule has 2 nitrogen and oxygen atoms in total. The lowest BCUT2D eigenvalue weighted by atomic mass is 9.84. The standard InChI is InChI=1S/C17H26O2/c1-19-17-11-8-14(9-12-17)7-10-16(18)13-15-5-3-2-4-6-15/h8-9,11-12,15-16,18H,2-7,10,13H2,1H3. The van der Waals surface area contributed by atoms with Gasteiger partial charge in [-0.3, -0.25) is 0 Å². The van der Waals surface area contributed by atoms with Crippen molar-refractivity contribution in [3.8, 4) is 5.75 Å². The van der Waals surface area contributed by atoms with Crippen LogP contribution in [0.4, 0.5) is 0 Å². The average molecular weight is 262 g/mol. The summed E-state index contributed by atoms with van der Waals surface area (Å²) in [7, 11) is 1.68. The molecule has 1 atom stereocenters. The van der Waals surface area contributed by atoms with Gasteiger partial charge in [0.05, 0.1) is 13.2 Å². The number of hydrogen-bond acceptors (Lipinski definition) is 2. The summed E-state index contributed by atoms with van der Waals surface area (Å²) in [6.07, 6.45) is 9.44. The van der Waals surface area contributed by atoms with E-state index in [9.17, 15) is 5.11 Å². The summed E-state index contributed by atoms with van der Waals surface area (Å²) in [5, 5.41) is 10.1. The normalized spacial score (nSPS) is 18.2. The van der Waals surface area contributed by atoms with Crippen molar-refractivity contribution in [1.82, 2.24) is 0 Å². The van der Waals surface area contributed by atoms with E-state index in [-0.39, 0.29) is 6.10 Å². The molecule has 0 bridgehead atoms. The lowest BCUT2D eigenvalue weighted by Gasteiger charge is -2.24. The van der Waals surface area contributed by atoms with Crippen LogP contribution in [0.5, 0.6) is 5.75 Å². The van der Waals surface area contributed by atoms with E-state index in [1.165, 1.54) is 37.7 Å². The van der Waals surface area contributed by atoms with E-state index in [1.54, 1.807) is 7.11 Å². The number of aliphatic hydroxyl groups excluding tert-OH is 1. The number of ether oxygens (including phenoxy) is 1. The van der Waals surface area contributed by atoms with E-state index in [0.717, 1.165) is 30.9 Å². The molecule has 1 saturated carbocycles. The molecule has 0 saturated heterocycles. The Morgan fingerprint density at radius 3 is 2.47 bits per heavy atom. The quantitative estimate of drug-likeness (QED) is 0.841. The second-order valence-corrected chi connectivity index (χ2v) is 5.78. The number of methoxy groups -OCH3 is 1. The second kappa shape index (κ2) is 7.54. The van der Waals surface area contributed by atoms with E-state index in [2.05, 4.69) is 12.1 Å². The van der Waals surface area contributed by atoms with Gasteiger partial charge in [0, 0.05) is 0 Å². The zero-order valence-corrected chi connectivity index (χ0v) is 12.0. The van der Waals surface area contributed by atoms with Gasteiger partial charge in [-0.1, -0.05) is 44.2 Å². The molecule has 0 aromatic heterocycles. The molecule has 19 heavy (non-hydrogen) atoms. The van der Waals surface area contributed by atoms with Crippen LogP contribution >= 0.6 is 0 Å². The molecule has 1 aliphatic rings. The Bertz CT molecular complexity index is 352. The molecule has 106 valence electrons. The van der Waals surface area contributed by atoms with Crippen molar-refractivity contribution in [1.29, 1.82) is 0 Å². The highest BCUT2D eigenvalue weighted by Crippen LogP contribution is 2.28. The smallest absolute Gasteiger partial charge is 0.118 e. The fourth-order valence-corrected chi connectivity index (χ4v) is 3.05. The Balaban J connectivity index is 1.71. The summed E-state index contributed by atoms with van der Waals surface area (Å²) < 4.78 is 5.15. The first-order valence-electron chi connectivity index (χ1n) is 7.59. The maximum absolute atomic E-state index is 10.1. The van der Waals surface area contributed by atoms with Crippen LogP contribution in [0.3, 0.4) is 0 Å². The lowest BCUT2D eigenvalue weighted by molar-refractivity contribution is 0.122. The second-order valence-electron chi connectivity index (χ2n) is 5.78. The molecule has 0 aliphatic heterocycles. The van der Waals surface area contributed by atoms with Crippen LogP contribution in [-0.4, -0.2) is 18.3 Å². The van der Waals surface area contributed by atoms with Crippen molar-refractivity contribution in [2.45, 2.75) is 57.5 Å². The fourth-order valence-electron chi connectivity index (χ4n) is 3.05. The van der Waals surface area contributed by atoms with Gasteiger partial charge in [-0.15, -0.1) is 0 Å². The first-order valence-corrected chi connectivity index (χ1v) is 7.59. The maximum atomic E-state index is 10.1. The molecular weight excluding hydrogens is 236 g/mol. The van der Waals surface area contributed by atoms with Crippen molar-refractivity contribution < 1.29 is 9.84 Å². The van der Waals surface area contributed by atoms with Crippen LogP contribution < -0.4 is 4.74 Å². The predicted octanol–water partition coefficient (Wildman–Crippen LogP) is 3.96. The van der Waals surface area contributed by atoms with Crippen LogP contribution in [0.2, 0.25) is 0 Å². The molecule has 1 aliphatic carbocycles. The minimum absolute atomic E-state index is 0.134. The Kier molecular flexibility index (Phi) is 5.71. The van der Waals surface area contributed by atoms with Crippen molar-refractivity contribution in [3.63, 3.8) is 0 Å². The van der Waals surface area contributed by atoms with Gasteiger partial charge in [-0.05, 0) is 42.9 Å². The van der Waals surface area contributed by atoms with E-state index in [4.69, 9.17) is 4.74 Å². The topological polar surface area (TPSA) is 29.5 Å². The van der Waals surface area contributed by atoms with E-state index in [1.807, 2.05) is 12.1 Å². The summed E-state index contributed by atoms with van der Waals surface area (Å²) in [4.78, 5) is 0. The van der Waals surface area contributed by atoms with E-state index in [0.29, 0.717) is 0 Å². The molecule has 1 N–H and O–H groups in total. The van der Waals surface area contributed by atoms with Gasteiger partial charge >= 0.3 is 0 Å². The van der Waals surface area contributed by atoms with Crippen molar-refractivity contribution in [3.05, 3.63) is 29.8 Å². The summed E-state index contributed by atoms with van der Waals surface area (Å²) in [5.74, 6) is 1.66. The molecule has 0 amide bonds. The maximum Gasteiger partial charge on any atom is 0.118 e. The van der Waals surface area contributed by atoms with Crippen molar-refractivity contribution >= 4 is 0 Å². The van der Waals surface area contributed by atoms with Crippen molar-refractivity contribution in [2.75, 3.05) is 7.11 Å². The van der Waals surface area contributed by atoms with Crippen LogP contribution in [0.1, 0.15) is 50.5 Å². The van der Waals surface area contributed by atoms with Gasteiger partial charge in [0.25, 0.3) is 0 Å². The molecule has 2 heteroatoms. The number of aliphatic hydroxyl groups is 1. The summed E-state index contributed by atoms with van der Waals surface area (Å²) >= 11 is 0. The Morgan fingerprint density at radius 2 is 1.84 bits per heavy atom. The lowest BCUT2D eigenvalue weighted by Crippen LogP contribution is -2.16. The summed E-state index contributed by atoms with van der Waals surface area (Å²) in [6.45, 7) is 0. The summed E-state index contributed by atoms with van der Waals surface area (Å²) in [6, 6.07) is 8.16. The van der Waals surface area contributed by atoms with E-state index < -0.39 is 0 Å². The van der Waals surface area contributed by atoms with Gasteiger partial charge in [0.1, 0.15) is 5.75 Å². The minimum atomic E-state index is -0.134.